The fourth-order valence-electron chi connectivity index (χ4n) is 2.34. The minimum Gasteiger partial charge on any atom is -0.380 e. The summed E-state index contributed by atoms with van der Waals surface area (Å²) in [6.45, 7) is 4.11. The molecule has 1 N–H and O–H groups in total. The number of halogens is 2. The highest BCUT2D eigenvalue weighted by molar-refractivity contribution is 7.90. The Hall–Kier alpha value is -1.05. The van der Waals surface area contributed by atoms with Gasteiger partial charge in [0, 0.05) is 18.2 Å². The maximum Gasteiger partial charge on any atom is 0.217 e. The van der Waals surface area contributed by atoms with Crippen LogP contribution in [0.25, 0.3) is 0 Å². The minimum absolute atomic E-state index is 0.145. The molecule has 0 bridgehead atoms. The number of benzene rings is 1. The number of ether oxygens (including phenoxy) is 1. The molecule has 1 aromatic carbocycles. The van der Waals surface area contributed by atoms with Crippen LogP contribution in [0.5, 0.6) is 0 Å². The number of nitrogens with one attached hydrogen (secondary N) is 1. The average molecular weight is 319 g/mol. The normalized spacial score (nSPS) is 20.9. The Morgan fingerprint density at radius 2 is 2.05 bits per heavy atom. The van der Waals surface area contributed by atoms with E-state index in [1.165, 1.54) is 6.07 Å². The molecule has 1 heterocycles. The third kappa shape index (κ3) is 3.78. The monoisotopic (exact) mass is 319 g/mol. The molecular weight excluding hydrogens is 300 g/mol. The fourth-order valence-corrected chi connectivity index (χ4v) is 3.97. The van der Waals surface area contributed by atoms with Crippen molar-refractivity contribution < 1.29 is 21.9 Å². The molecule has 1 fully saturated rings. The molecule has 118 valence electrons. The molecule has 1 aromatic rings. The van der Waals surface area contributed by atoms with Crippen LogP contribution in [-0.4, -0.2) is 26.9 Å². The van der Waals surface area contributed by atoms with Gasteiger partial charge in [-0.25, -0.2) is 21.9 Å². The molecule has 4 nitrogen and oxygen atoms in total. The third-order valence-electron chi connectivity index (χ3n) is 3.58. The fraction of sp³-hybridized carbons (Fsp3) is 0.571. The van der Waals surface area contributed by atoms with Crippen molar-refractivity contribution in [2.24, 2.45) is 5.92 Å². The van der Waals surface area contributed by atoms with E-state index >= 15 is 0 Å². The van der Waals surface area contributed by atoms with Crippen molar-refractivity contribution in [1.29, 1.82) is 0 Å². The van der Waals surface area contributed by atoms with Gasteiger partial charge in [0.05, 0.1) is 12.6 Å². The lowest BCUT2D eigenvalue weighted by atomic mass is 9.96. The largest absolute Gasteiger partial charge is 0.380 e. The molecular formula is C14H19F2NO3S. The maximum atomic E-state index is 13.9. The predicted molar refractivity (Wildman–Crippen MR) is 75.2 cm³/mol. The quantitative estimate of drug-likeness (QED) is 0.906. The van der Waals surface area contributed by atoms with E-state index in [1.807, 2.05) is 0 Å². The van der Waals surface area contributed by atoms with Gasteiger partial charge >= 0.3 is 0 Å². The molecule has 0 spiro atoms. The van der Waals surface area contributed by atoms with E-state index in [2.05, 4.69) is 4.72 Å². The van der Waals surface area contributed by atoms with Crippen molar-refractivity contribution in [3.8, 4) is 0 Å². The van der Waals surface area contributed by atoms with E-state index in [0.29, 0.717) is 13.0 Å². The van der Waals surface area contributed by atoms with Crippen molar-refractivity contribution >= 4 is 10.0 Å². The summed E-state index contributed by atoms with van der Waals surface area (Å²) in [6, 6.07) is 2.43. The second-order valence-corrected chi connectivity index (χ2v) is 7.53. The second kappa shape index (κ2) is 6.37. The number of hydrogen-bond acceptors (Lipinski definition) is 3. The van der Waals surface area contributed by atoms with Crippen LogP contribution in [0, 0.1) is 17.6 Å². The minimum atomic E-state index is -3.61. The molecule has 1 aliphatic rings. The van der Waals surface area contributed by atoms with Gasteiger partial charge in [-0.1, -0.05) is 19.9 Å². The van der Waals surface area contributed by atoms with Gasteiger partial charge < -0.3 is 4.74 Å². The molecule has 2 rings (SSSR count). The molecule has 2 unspecified atom stereocenters. The molecule has 0 radical (unpaired) electrons. The first-order chi connectivity index (χ1) is 9.81. The maximum absolute atomic E-state index is 13.9. The van der Waals surface area contributed by atoms with Gasteiger partial charge in [-0.3, -0.25) is 0 Å². The van der Waals surface area contributed by atoms with Crippen LogP contribution in [0.2, 0.25) is 0 Å². The summed E-state index contributed by atoms with van der Waals surface area (Å²) in [5.74, 6) is -1.62. The molecule has 0 amide bonds. The first-order valence-electron chi connectivity index (χ1n) is 6.85. The zero-order valence-electron chi connectivity index (χ0n) is 12.0. The van der Waals surface area contributed by atoms with Gasteiger partial charge in [0.2, 0.25) is 10.0 Å². The molecule has 21 heavy (non-hydrogen) atoms. The lowest BCUT2D eigenvalue weighted by Gasteiger charge is -2.24. The first kappa shape index (κ1) is 16.3. The number of rotatable bonds is 5. The van der Waals surface area contributed by atoms with E-state index in [9.17, 15) is 17.2 Å². The lowest BCUT2D eigenvalue weighted by Crippen LogP contribution is -2.39. The zero-order chi connectivity index (χ0) is 15.6. The third-order valence-corrected chi connectivity index (χ3v) is 5.41. The number of hydrogen-bond donors (Lipinski definition) is 1. The molecule has 1 saturated heterocycles. The summed E-state index contributed by atoms with van der Waals surface area (Å²) in [7, 11) is -3.61. The summed E-state index contributed by atoms with van der Waals surface area (Å²) in [5, 5.41) is -0.623. The topological polar surface area (TPSA) is 55.4 Å². The Balaban J connectivity index is 2.27. The van der Waals surface area contributed by atoms with Crippen molar-refractivity contribution in [1.82, 2.24) is 4.72 Å². The summed E-state index contributed by atoms with van der Waals surface area (Å²) in [6.07, 6.45) is 0.423. The summed E-state index contributed by atoms with van der Waals surface area (Å²) >= 11 is 0. The number of sulfonamides is 1. The Kier molecular flexibility index (Phi) is 4.95. The van der Waals surface area contributed by atoms with Gasteiger partial charge in [-0.05, 0) is 18.4 Å². The van der Waals surface area contributed by atoms with Gasteiger partial charge in [-0.15, -0.1) is 0 Å². The highest BCUT2D eigenvalue weighted by Gasteiger charge is 2.33. The van der Waals surface area contributed by atoms with Crippen LogP contribution in [0.15, 0.2) is 18.2 Å². The first-order valence-corrected chi connectivity index (χ1v) is 8.39. The smallest absolute Gasteiger partial charge is 0.217 e. The summed E-state index contributed by atoms with van der Waals surface area (Å²) < 4.78 is 59.2. The molecule has 0 aromatic heterocycles. The molecule has 0 saturated carbocycles. The van der Waals surface area contributed by atoms with E-state index in [1.54, 1.807) is 13.8 Å². The molecule has 1 aliphatic heterocycles. The Morgan fingerprint density at radius 1 is 1.33 bits per heavy atom. The van der Waals surface area contributed by atoms with Gasteiger partial charge in [0.25, 0.3) is 0 Å². The van der Waals surface area contributed by atoms with E-state index in [-0.39, 0.29) is 18.1 Å². The summed E-state index contributed by atoms with van der Waals surface area (Å²) in [4.78, 5) is 0. The van der Waals surface area contributed by atoms with Crippen LogP contribution in [0.4, 0.5) is 8.78 Å². The van der Waals surface area contributed by atoms with Crippen LogP contribution in [-0.2, 0) is 14.8 Å². The van der Waals surface area contributed by atoms with Gasteiger partial charge in [0.15, 0.2) is 0 Å². The van der Waals surface area contributed by atoms with Crippen molar-refractivity contribution in [3.63, 3.8) is 0 Å². The standard InChI is InChI=1S/C14H19F2NO3S/c1-9(2)14(12-4-3-10(15)7-13(12)16)17-21(18,19)11-5-6-20-8-11/h3-4,7,9,11,14,17H,5-6,8H2,1-2H3. The van der Waals surface area contributed by atoms with Crippen LogP contribution < -0.4 is 4.72 Å². The Morgan fingerprint density at radius 3 is 2.57 bits per heavy atom. The average Bonchev–Trinajstić information content (AvgIpc) is 2.91. The Bertz CT molecular complexity index is 598. The molecule has 2 atom stereocenters. The zero-order valence-corrected chi connectivity index (χ0v) is 12.8. The van der Waals surface area contributed by atoms with Crippen molar-refractivity contribution in [2.75, 3.05) is 13.2 Å². The van der Waals surface area contributed by atoms with Crippen molar-refractivity contribution in [2.45, 2.75) is 31.6 Å². The second-order valence-electron chi connectivity index (χ2n) is 5.54. The SMILES string of the molecule is CC(C)C(NS(=O)(=O)C1CCOC1)c1ccc(F)cc1F. The summed E-state index contributed by atoms with van der Waals surface area (Å²) in [5.41, 5.74) is 0.147. The van der Waals surface area contributed by atoms with Gasteiger partial charge in [0.1, 0.15) is 16.9 Å². The van der Waals surface area contributed by atoms with Crippen molar-refractivity contribution in [3.05, 3.63) is 35.4 Å². The van der Waals surface area contributed by atoms with Gasteiger partial charge in [-0.2, -0.15) is 0 Å². The lowest BCUT2D eigenvalue weighted by molar-refractivity contribution is 0.198. The Labute approximate surface area is 123 Å². The predicted octanol–water partition coefficient (Wildman–Crippen LogP) is 2.37. The van der Waals surface area contributed by atoms with E-state index in [0.717, 1.165) is 12.1 Å². The molecule has 7 heteroatoms. The highest BCUT2D eigenvalue weighted by atomic mass is 32.2. The van der Waals surface area contributed by atoms with E-state index in [4.69, 9.17) is 4.74 Å². The molecule has 0 aliphatic carbocycles. The van der Waals surface area contributed by atoms with E-state index < -0.39 is 32.9 Å². The van der Waals surface area contributed by atoms with Crippen LogP contribution >= 0.6 is 0 Å². The van der Waals surface area contributed by atoms with Crippen LogP contribution in [0.1, 0.15) is 31.9 Å². The highest BCUT2D eigenvalue weighted by Crippen LogP contribution is 2.27. The van der Waals surface area contributed by atoms with Crippen LogP contribution in [0.3, 0.4) is 0 Å².